The van der Waals surface area contributed by atoms with E-state index in [2.05, 4.69) is 21.4 Å². The number of aryl methyl sites for hydroxylation is 1. The molecule has 0 aliphatic rings. The zero-order chi connectivity index (χ0) is 17.8. The van der Waals surface area contributed by atoms with Gasteiger partial charge in [-0.3, -0.25) is 9.78 Å². The fourth-order valence-corrected chi connectivity index (χ4v) is 2.49. The van der Waals surface area contributed by atoms with Crippen LogP contribution in [0.3, 0.4) is 0 Å². The van der Waals surface area contributed by atoms with Gasteiger partial charge in [0.25, 0.3) is 5.91 Å². The summed E-state index contributed by atoms with van der Waals surface area (Å²) in [6.07, 6.45) is 4.81. The molecule has 7 heteroatoms. The second-order valence-corrected chi connectivity index (χ2v) is 5.79. The Kier molecular flexibility index (Phi) is 4.76. The van der Waals surface area contributed by atoms with Crippen molar-refractivity contribution in [3.05, 3.63) is 71.4 Å². The van der Waals surface area contributed by atoms with Crippen LogP contribution in [0.5, 0.6) is 0 Å². The zero-order valence-electron chi connectivity index (χ0n) is 13.8. The first-order chi connectivity index (χ1) is 12.0. The number of benzene rings is 1. The SMILES string of the molecule is Cc1cccc(Cn2cnc(NC(=O)c3cnc(CO)c(N)c3)c2)c1. The quantitative estimate of drug-likeness (QED) is 0.660. The molecule has 4 N–H and O–H groups in total. The smallest absolute Gasteiger partial charge is 0.258 e. The molecule has 0 bridgehead atoms. The number of rotatable bonds is 5. The number of nitrogens with zero attached hydrogens (tertiary/aromatic N) is 3. The lowest BCUT2D eigenvalue weighted by Gasteiger charge is -2.05. The van der Waals surface area contributed by atoms with Gasteiger partial charge in [0.05, 0.1) is 29.9 Å². The predicted molar refractivity (Wildman–Crippen MR) is 95.0 cm³/mol. The molecule has 0 radical (unpaired) electrons. The molecule has 0 aliphatic carbocycles. The summed E-state index contributed by atoms with van der Waals surface area (Å²) < 4.78 is 1.89. The Morgan fingerprint density at radius 3 is 2.88 bits per heavy atom. The maximum absolute atomic E-state index is 12.3. The largest absolute Gasteiger partial charge is 0.397 e. The minimum atomic E-state index is -0.357. The van der Waals surface area contributed by atoms with Crippen molar-refractivity contribution >= 4 is 17.4 Å². The molecule has 3 aromatic rings. The summed E-state index contributed by atoms with van der Waals surface area (Å²) in [6.45, 7) is 2.45. The van der Waals surface area contributed by atoms with E-state index in [-0.39, 0.29) is 18.2 Å². The number of carbonyl (C=O) groups excluding carboxylic acids is 1. The average Bonchev–Trinajstić information content (AvgIpc) is 3.01. The molecule has 0 aliphatic heterocycles. The van der Waals surface area contributed by atoms with E-state index in [4.69, 9.17) is 10.8 Å². The number of aliphatic hydroxyl groups excluding tert-OH is 1. The van der Waals surface area contributed by atoms with E-state index >= 15 is 0 Å². The molecule has 0 atom stereocenters. The first kappa shape index (κ1) is 16.7. The van der Waals surface area contributed by atoms with Crippen LogP contribution in [0.15, 0.2) is 49.1 Å². The van der Waals surface area contributed by atoms with E-state index in [9.17, 15) is 4.79 Å². The highest BCUT2D eigenvalue weighted by Gasteiger charge is 2.11. The number of aromatic nitrogens is 3. The standard InChI is InChI=1S/C18H19N5O2/c1-12-3-2-4-13(5-12)8-23-9-17(21-11-23)22-18(25)14-6-15(19)16(10-24)20-7-14/h2-7,9,11,24H,8,10,19H2,1H3,(H,22,25). The maximum Gasteiger partial charge on any atom is 0.258 e. The monoisotopic (exact) mass is 337 g/mol. The summed E-state index contributed by atoms with van der Waals surface area (Å²) in [5.41, 5.74) is 9.03. The van der Waals surface area contributed by atoms with Gasteiger partial charge in [-0.15, -0.1) is 0 Å². The van der Waals surface area contributed by atoms with Crippen molar-refractivity contribution in [1.82, 2.24) is 14.5 Å². The van der Waals surface area contributed by atoms with Crippen LogP contribution < -0.4 is 11.1 Å². The molecule has 1 aromatic carbocycles. The van der Waals surface area contributed by atoms with Gasteiger partial charge in [0.2, 0.25) is 0 Å². The van der Waals surface area contributed by atoms with Crippen molar-refractivity contribution in [2.75, 3.05) is 11.1 Å². The van der Waals surface area contributed by atoms with E-state index < -0.39 is 0 Å². The molecule has 0 unspecified atom stereocenters. The molecular weight excluding hydrogens is 318 g/mol. The van der Waals surface area contributed by atoms with Crippen LogP contribution in [0, 0.1) is 6.92 Å². The van der Waals surface area contributed by atoms with Gasteiger partial charge in [-0.05, 0) is 18.6 Å². The highest BCUT2D eigenvalue weighted by Crippen LogP contribution is 2.14. The van der Waals surface area contributed by atoms with Gasteiger partial charge >= 0.3 is 0 Å². The number of pyridine rings is 1. The van der Waals surface area contributed by atoms with Crippen LogP contribution in [-0.4, -0.2) is 25.5 Å². The number of nitrogens with two attached hydrogens (primary N) is 1. The van der Waals surface area contributed by atoms with Crippen molar-refractivity contribution in [1.29, 1.82) is 0 Å². The summed E-state index contributed by atoms with van der Waals surface area (Å²) in [5.74, 6) is 0.0898. The lowest BCUT2D eigenvalue weighted by atomic mass is 10.1. The van der Waals surface area contributed by atoms with Crippen LogP contribution in [0.25, 0.3) is 0 Å². The molecule has 0 saturated carbocycles. The number of carbonyl (C=O) groups is 1. The van der Waals surface area contributed by atoms with Crippen molar-refractivity contribution in [3.63, 3.8) is 0 Å². The molecular formula is C18H19N5O2. The second-order valence-electron chi connectivity index (χ2n) is 5.79. The number of hydrogen-bond acceptors (Lipinski definition) is 5. The molecule has 128 valence electrons. The van der Waals surface area contributed by atoms with Gasteiger partial charge in [-0.25, -0.2) is 4.98 Å². The third kappa shape index (κ3) is 4.02. The summed E-state index contributed by atoms with van der Waals surface area (Å²) in [6, 6.07) is 9.69. The van der Waals surface area contributed by atoms with Gasteiger partial charge in [-0.1, -0.05) is 29.8 Å². The topological polar surface area (TPSA) is 106 Å². The van der Waals surface area contributed by atoms with Crippen molar-refractivity contribution in [3.8, 4) is 0 Å². The van der Waals surface area contributed by atoms with Crippen LogP contribution in [0.2, 0.25) is 0 Å². The second kappa shape index (κ2) is 7.14. The Bertz CT molecular complexity index is 904. The van der Waals surface area contributed by atoms with Crippen molar-refractivity contribution in [2.24, 2.45) is 0 Å². The van der Waals surface area contributed by atoms with E-state index in [0.29, 0.717) is 23.6 Å². The molecule has 25 heavy (non-hydrogen) atoms. The zero-order valence-corrected chi connectivity index (χ0v) is 13.8. The number of anilines is 2. The fraction of sp³-hybridized carbons (Fsp3) is 0.167. The van der Waals surface area contributed by atoms with Crippen molar-refractivity contribution < 1.29 is 9.90 Å². The van der Waals surface area contributed by atoms with Gasteiger partial charge in [-0.2, -0.15) is 0 Å². The fourth-order valence-electron chi connectivity index (χ4n) is 2.49. The molecule has 0 spiro atoms. The van der Waals surface area contributed by atoms with E-state index in [1.165, 1.54) is 17.8 Å². The molecule has 3 rings (SSSR count). The van der Waals surface area contributed by atoms with E-state index in [1.54, 1.807) is 12.5 Å². The minimum absolute atomic E-state index is 0.267. The van der Waals surface area contributed by atoms with Gasteiger partial charge < -0.3 is 20.7 Å². The van der Waals surface area contributed by atoms with E-state index in [0.717, 1.165) is 5.56 Å². The Balaban J connectivity index is 1.68. The maximum atomic E-state index is 12.3. The molecule has 7 nitrogen and oxygen atoms in total. The molecule has 0 saturated heterocycles. The van der Waals surface area contributed by atoms with Crippen LogP contribution in [0.1, 0.15) is 27.2 Å². The number of aliphatic hydroxyl groups is 1. The lowest BCUT2D eigenvalue weighted by Crippen LogP contribution is -2.13. The summed E-state index contributed by atoms with van der Waals surface area (Å²) in [5, 5.41) is 11.8. The Morgan fingerprint density at radius 1 is 1.32 bits per heavy atom. The molecule has 0 fully saturated rings. The number of amides is 1. The lowest BCUT2D eigenvalue weighted by molar-refractivity contribution is 0.102. The number of hydrogen-bond donors (Lipinski definition) is 3. The number of nitrogens with one attached hydrogen (secondary N) is 1. The van der Waals surface area contributed by atoms with Gasteiger partial charge in [0.15, 0.2) is 5.82 Å². The van der Waals surface area contributed by atoms with Gasteiger partial charge in [0.1, 0.15) is 0 Å². The molecule has 1 amide bonds. The number of imidazole rings is 1. The highest BCUT2D eigenvalue weighted by molar-refractivity contribution is 6.04. The molecule has 2 aromatic heterocycles. The Morgan fingerprint density at radius 2 is 2.16 bits per heavy atom. The third-order valence-electron chi connectivity index (χ3n) is 3.74. The number of nitrogen functional groups attached to an aromatic ring is 1. The highest BCUT2D eigenvalue weighted by atomic mass is 16.3. The summed E-state index contributed by atoms with van der Waals surface area (Å²) in [7, 11) is 0. The molecule has 2 heterocycles. The van der Waals surface area contributed by atoms with Gasteiger partial charge in [0, 0.05) is 18.9 Å². The van der Waals surface area contributed by atoms with E-state index in [1.807, 2.05) is 29.7 Å². The van der Waals surface area contributed by atoms with Crippen molar-refractivity contribution in [2.45, 2.75) is 20.1 Å². The van der Waals surface area contributed by atoms with Crippen LogP contribution >= 0.6 is 0 Å². The normalized spacial score (nSPS) is 10.6. The Hall–Kier alpha value is -3.19. The minimum Gasteiger partial charge on any atom is -0.397 e. The third-order valence-corrected chi connectivity index (χ3v) is 3.74. The first-order valence-corrected chi connectivity index (χ1v) is 7.79. The predicted octanol–water partition coefficient (Wildman–Crippen LogP) is 1.96. The van der Waals surface area contributed by atoms with Crippen LogP contribution in [0.4, 0.5) is 11.5 Å². The Labute approximate surface area is 145 Å². The first-order valence-electron chi connectivity index (χ1n) is 7.79. The average molecular weight is 337 g/mol. The van der Waals surface area contributed by atoms with Crippen LogP contribution in [-0.2, 0) is 13.2 Å². The summed E-state index contributed by atoms with van der Waals surface area (Å²) >= 11 is 0. The summed E-state index contributed by atoms with van der Waals surface area (Å²) in [4.78, 5) is 20.4.